The van der Waals surface area contributed by atoms with Crippen molar-refractivity contribution in [3.8, 4) is 5.75 Å². The molecule has 0 aliphatic carbocycles. The monoisotopic (exact) mass is 305 g/mol. The second-order valence-corrected chi connectivity index (χ2v) is 4.82. The smallest absolute Gasteiger partial charge is 0.302 e. The number of benzene rings is 1. The zero-order valence-corrected chi connectivity index (χ0v) is 12.1. The summed E-state index contributed by atoms with van der Waals surface area (Å²) in [5.41, 5.74) is 0.475. The molecule has 6 heteroatoms. The molecule has 1 heterocycles. The predicted molar refractivity (Wildman–Crippen MR) is 78.2 cm³/mol. The highest BCUT2D eigenvalue weighted by atomic mass is 19.1. The van der Waals surface area contributed by atoms with Gasteiger partial charge in [0, 0.05) is 25.6 Å². The second-order valence-electron chi connectivity index (χ2n) is 4.82. The first kappa shape index (κ1) is 15.8. The lowest BCUT2D eigenvalue weighted by Gasteiger charge is -2.14. The number of carbonyl (C=O) groups is 1. The van der Waals surface area contributed by atoms with Crippen LogP contribution in [0.2, 0.25) is 0 Å². The van der Waals surface area contributed by atoms with Crippen molar-refractivity contribution >= 4 is 5.97 Å². The number of carbonyl (C=O) groups excluding carboxylic acids is 1. The third-order valence-electron chi connectivity index (χ3n) is 3.16. The molecular formula is C16H16FNO4. The van der Waals surface area contributed by atoms with Crippen LogP contribution in [0.5, 0.6) is 5.75 Å². The Balaban J connectivity index is 2.29. The zero-order chi connectivity index (χ0) is 16.1. The fraction of sp³-hybridized carbons (Fsp3) is 0.250. The molecule has 5 nitrogen and oxygen atoms in total. The van der Waals surface area contributed by atoms with E-state index >= 15 is 0 Å². The van der Waals surface area contributed by atoms with Crippen LogP contribution in [-0.4, -0.2) is 22.2 Å². The van der Waals surface area contributed by atoms with Gasteiger partial charge in [0.2, 0.25) is 5.43 Å². The molecule has 0 spiro atoms. The van der Waals surface area contributed by atoms with Gasteiger partial charge in [-0.25, -0.2) is 4.39 Å². The van der Waals surface area contributed by atoms with Crippen LogP contribution < -0.4 is 5.43 Å². The van der Waals surface area contributed by atoms with Gasteiger partial charge in [0.15, 0.2) is 5.75 Å². The number of hydrogen-bond acceptors (Lipinski definition) is 4. The largest absolute Gasteiger partial charge is 0.503 e. The van der Waals surface area contributed by atoms with Crippen LogP contribution in [0.1, 0.15) is 18.2 Å². The molecule has 0 radical (unpaired) electrons. The van der Waals surface area contributed by atoms with Crippen molar-refractivity contribution in [2.75, 3.05) is 6.61 Å². The first-order valence-electron chi connectivity index (χ1n) is 6.76. The van der Waals surface area contributed by atoms with Gasteiger partial charge >= 0.3 is 5.97 Å². The fourth-order valence-electron chi connectivity index (χ4n) is 2.13. The maximum Gasteiger partial charge on any atom is 0.302 e. The molecule has 0 unspecified atom stereocenters. The zero-order valence-electron chi connectivity index (χ0n) is 12.1. The maximum absolute atomic E-state index is 13.3. The molecule has 0 amide bonds. The first-order chi connectivity index (χ1) is 10.5. The third-order valence-corrected chi connectivity index (χ3v) is 3.16. The molecule has 22 heavy (non-hydrogen) atoms. The summed E-state index contributed by atoms with van der Waals surface area (Å²) in [5.74, 6) is -1.17. The summed E-state index contributed by atoms with van der Waals surface area (Å²) < 4.78 is 19.7. The van der Waals surface area contributed by atoms with Gasteiger partial charge in [-0.05, 0) is 17.7 Å². The van der Waals surface area contributed by atoms with E-state index in [1.165, 1.54) is 31.3 Å². The molecule has 0 bridgehead atoms. The summed E-state index contributed by atoms with van der Waals surface area (Å²) in [6, 6.07) is 7.16. The summed E-state index contributed by atoms with van der Waals surface area (Å²) in [6.45, 7) is 1.71. The number of esters is 1. The molecule has 0 aliphatic rings. The number of pyridine rings is 1. The minimum atomic E-state index is -0.505. The molecule has 1 aromatic heterocycles. The Bertz CT molecular complexity index is 739. The quantitative estimate of drug-likeness (QED) is 0.856. The van der Waals surface area contributed by atoms with Crippen molar-refractivity contribution in [2.24, 2.45) is 0 Å². The molecule has 1 aromatic carbocycles. The van der Waals surface area contributed by atoms with Crippen LogP contribution in [0.25, 0.3) is 0 Å². The van der Waals surface area contributed by atoms with E-state index in [4.69, 9.17) is 4.74 Å². The van der Waals surface area contributed by atoms with Crippen LogP contribution >= 0.6 is 0 Å². The number of hydrogen-bond donors (Lipinski definition) is 1. The van der Waals surface area contributed by atoms with Crippen molar-refractivity contribution in [3.63, 3.8) is 0 Å². The van der Waals surface area contributed by atoms with Gasteiger partial charge in [0.25, 0.3) is 0 Å². The maximum atomic E-state index is 13.3. The van der Waals surface area contributed by atoms with Crippen LogP contribution in [-0.2, 0) is 22.5 Å². The van der Waals surface area contributed by atoms with Crippen LogP contribution in [0.15, 0.2) is 41.3 Å². The number of ether oxygens (including phenoxy) is 1. The second kappa shape index (κ2) is 6.89. The predicted octanol–water partition coefficient (Wildman–Crippen LogP) is 1.85. The van der Waals surface area contributed by atoms with E-state index in [-0.39, 0.29) is 31.1 Å². The van der Waals surface area contributed by atoms with E-state index in [1.54, 1.807) is 16.7 Å². The van der Waals surface area contributed by atoms with Gasteiger partial charge in [-0.2, -0.15) is 0 Å². The number of nitrogens with zero attached hydrogens (tertiary/aromatic N) is 1. The number of rotatable bonds is 5. The van der Waals surface area contributed by atoms with Crippen LogP contribution in [0.3, 0.4) is 0 Å². The van der Waals surface area contributed by atoms with Gasteiger partial charge in [-0.1, -0.05) is 12.1 Å². The molecule has 0 saturated carbocycles. The highest BCUT2D eigenvalue weighted by molar-refractivity contribution is 5.65. The minimum absolute atomic E-state index is 0.119. The van der Waals surface area contributed by atoms with Crippen molar-refractivity contribution < 1.29 is 19.0 Å². The molecule has 116 valence electrons. The Morgan fingerprint density at radius 2 is 2.14 bits per heavy atom. The van der Waals surface area contributed by atoms with E-state index in [1.807, 2.05) is 0 Å². The van der Waals surface area contributed by atoms with Crippen LogP contribution in [0, 0.1) is 5.82 Å². The molecular weight excluding hydrogens is 289 g/mol. The number of aromatic nitrogens is 1. The van der Waals surface area contributed by atoms with E-state index in [2.05, 4.69) is 0 Å². The van der Waals surface area contributed by atoms with E-state index in [0.29, 0.717) is 11.3 Å². The highest BCUT2D eigenvalue weighted by Gasteiger charge is 2.11. The summed E-state index contributed by atoms with van der Waals surface area (Å²) >= 11 is 0. The average molecular weight is 305 g/mol. The Labute approximate surface area is 126 Å². The van der Waals surface area contributed by atoms with Gasteiger partial charge < -0.3 is 14.4 Å². The SMILES string of the molecule is CC(=O)OCCn1ccc(=O)c(O)c1Cc1cccc(F)c1. The highest BCUT2D eigenvalue weighted by Crippen LogP contribution is 2.17. The normalized spacial score (nSPS) is 10.5. The molecule has 0 saturated heterocycles. The van der Waals surface area contributed by atoms with E-state index in [9.17, 15) is 19.1 Å². The Kier molecular flexibility index (Phi) is 4.93. The molecule has 0 fully saturated rings. The lowest BCUT2D eigenvalue weighted by molar-refractivity contribution is -0.141. The number of aromatic hydroxyl groups is 1. The molecule has 0 atom stereocenters. The molecule has 2 aromatic rings. The Morgan fingerprint density at radius 3 is 2.82 bits per heavy atom. The lowest BCUT2D eigenvalue weighted by atomic mass is 10.1. The Morgan fingerprint density at radius 1 is 1.36 bits per heavy atom. The van der Waals surface area contributed by atoms with Gasteiger partial charge in [0.05, 0.1) is 12.2 Å². The van der Waals surface area contributed by atoms with Crippen molar-refractivity contribution in [3.05, 3.63) is 63.8 Å². The lowest BCUT2D eigenvalue weighted by Crippen LogP contribution is -2.16. The topological polar surface area (TPSA) is 68.5 Å². The Hall–Kier alpha value is -2.63. The van der Waals surface area contributed by atoms with Gasteiger partial charge in [-0.3, -0.25) is 9.59 Å². The molecule has 1 N–H and O–H groups in total. The van der Waals surface area contributed by atoms with Crippen LogP contribution in [0.4, 0.5) is 4.39 Å². The summed E-state index contributed by atoms with van der Waals surface area (Å²) in [5, 5.41) is 9.98. The van der Waals surface area contributed by atoms with E-state index in [0.717, 1.165) is 0 Å². The fourth-order valence-corrected chi connectivity index (χ4v) is 2.13. The van der Waals surface area contributed by atoms with Gasteiger partial charge in [0.1, 0.15) is 12.4 Å². The van der Waals surface area contributed by atoms with E-state index < -0.39 is 11.4 Å². The van der Waals surface area contributed by atoms with Crippen molar-refractivity contribution in [1.82, 2.24) is 4.57 Å². The van der Waals surface area contributed by atoms with Gasteiger partial charge in [-0.15, -0.1) is 0 Å². The summed E-state index contributed by atoms with van der Waals surface area (Å²) in [6.07, 6.45) is 1.71. The first-order valence-corrected chi connectivity index (χ1v) is 6.76. The molecule has 0 aliphatic heterocycles. The molecule has 2 rings (SSSR count). The minimum Gasteiger partial charge on any atom is -0.503 e. The summed E-state index contributed by atoms with van der Waals surface area (Å²) in [7, 11) is 0. The number of halogens is 1. The standard InChI is InChI=1S/C16H16FNO4/c1-11(19)22-8-7-18-6-5-15(20)16(21)14(18)10-12-3-2-4-13(17)9-12/h2-6,9,21H,7-8,10H2,1H3. The van der Waals surface area contributed by atoms with Crippen molar-refractivity contribution in [2.45, 2.75) is 19.9 Å². The average Bonchev–Trinajstić information content (AvgIpc) is 2.46. The van der Waals surface area contributed by atoms with Crippen molar-refractivity contribution in [1.29, 1.82) is 0 Å². The summed E-state index contributed by atoms with van der Waals surface area (Å²) in [4.78, 5) is 22.4. The third kappa shape index (κ3) is 3.94.